The van der Waals surface area contributed by atoms with E-state index in [1.54, 1.807) is 6.08 Å². The van der Waals surface area contributed by atoms with E-state index in [0.29, 0.717) is 12.8 Å². The van der Waals surface area contributed by atoms with Crippen molar-refractivity contribution in [1.82, 2.24) is 0 Å². The van der Waals surface area contributed by atoms with Gasteiger partial charge in [-0.25, -0.2) is 0 Å². The minimum Gasteiger partial charge on any atom is -0.385 e. The summed E-state index contributed by atoms with van der Waals surface area (Å²) in [6, 6.07) is 7.78. The molecule has 2 atom stereocenters. The van der Waals surface area contributed by atoms with E-state index in [-0.39, 0.29) is 6.04 Å². The molecular formula is C12H15NO. The Bertz CT molecular complexity index is 361. The third-order valence-corrected chi connectivity index (χ3v) is 2.90. The van der Waals surface area contributed by atoms with E-state index in [1.165, 1.54) is 0 Å². The van der Waals surface area contributed by atoms with Gasteiger partial charge in [-0.2, -0.15) is 0 Å². The molecule has 2 rings (SSSR count). The number of fused-ring (bicyclic) bond motifs is 1. The fourth-order valence-electron chi connectivity index (χ4n) is 2.26. The molecule has 2 nitrogen and oxygen atoms in total. The summed E-state index contributed by atoms with van der Waals surface area (Å²) in [6.45, 7) is 3.67. The maximum atomic E-state index is 10.4. The van der Waals surface area contributed by atoms with E-state index in [4.69, 9.17) is 5.73 Å². The molecule has 0 aliphatic heterocycles. The summed E-state index contributed by atoms with van der Waals surface area (Å²) >= 11 is 0. The van der Waals surface area contributed by atoms with Gasteiger partial charge in [0, 0.05) is 6.04 Å². The highest BCUT2D eigenvalue weighted by molar-refractivity contribution is 5.40. The summed E-state index contributed by atoms with van der Waals surface area (Å²) in [5.41, 5.74) is 7.20. The first-order chi connectivity index (χ1) is 6.67. The molecule has 1 aliphatic carbocycles. The minimum absolute atomic E-state index is 0.0452. The lowest BCUT2D eigenvalue weighted by molar-refractivity contribution is 0.0371. The van der Waals surface area contributed by atoms with Gasteiger partial charge in [-0.15, -0.1) is 6.58 Å². The monoisotopic (exact) mass is 189 g/mol. The van der Waals surface area contributed by atoms with Crippen molar-refractivity contribution in [1.29, 1.82) is 0 Å². The largest absolute Gasteiger partial charge is 0.385 e. The van der Waals surface area contributed by atoms with Crippen LogP contribution in [0.4, 0.5) is 0 Å². The molecule has 0 saturated carbocycles. The maximum Gasteiger partial charge on any atom is 0.0952 e. The number of benzene rings is 1. The Labute approximate surface area is 84.1 Å². The average Bonchev–Trinajstić information content (AvgIpc) is 2.41. The van der Waals surface area contributed by atoms with Gasteiger partial charge < -0.3 is 10.8 Å². The standard InChI is InChI=1S/C12H15NO/c1-2-7-12(14)8-11(13)9-5-3-4-6-10(9)12/h2-6,11,14H,1,7-8,13H2. The van der Waals surface area contributed by atoms with Gasteiger partial charge in [0.05, 0.1) is 5.60 Å². The van der Waals surface area contributed by atoms with Crippen molar-refractivity contribution in [3.63, 3.8) is 0 Å². The lowest BCUT2D eigenvalue weighted by Gasteiger charge is -2.22. The molecule has 0 saturated heterocycles. The first kappa shape index (κ1) is 9.44. The summed E-state index contributed by atoms with van der Waals surface area (Å²) in [6.07, 6.45) is 2.91. The molecule has 3 N–H and O–H groups in total. The van der Waals surface area contributed by atoms with E-state index in [0.717, 1.165) is 11.1 Å². The molecular weight excluding hydrogens is 174 g/mol. The fourth-order valence-corrected chi connectivity index (χ4v) is 2.26. The summed E-state index contributed by atoms with van der Waals surface area (Å²) in [5.74, 6) is 0. The van der Waals surface area contributed by atoms with Gasteiger partial charge in [0.25, 0.3) is 0 Å². The van der Waals surface area contributed by atoms with Crippen molar-refractivity contribution in [3.05, 3.63) is 48.0 Å². The number of nitrogens with two attached hydrogens (primary N) is 1. The highest BCUT2D eigenvalue weighted by atomic mass is 16.3. The van der Waals surface area contributed by atoms with Gasteiger partial charge in [0.15, 0.2) is 0 Å². The van der Waals surface area contributed by atoms with Crippen LogP contribution in [0.1, 0.15) is 30.0 Å². The molecule has 74 valence electrons. The van der Waals surface area contributed by atoms with Gasteiger partial charge >= 0.3 is 0 Å². The van der Waals surface area contributed by atoms with Crippen LogP contribution in [0.3, 0.4) is 0 Å². The second-order valence-corrected chi connectivity index (χ2v) is 3.92. The van der Waals surface area contributed by atoms with Crippen LogP contribution in [0.2, 0.25) is 0 Å². The molecule has 0 radical (unpaired) electrons. The van der Waals surface area contributed by atoms with Crippen LogP contribution < -0.4 is 5.73 Å². The van der Waals surface area contributed by atoms with Crippen LogP contribution >= 0.6 is 0 Å². The molecule has 1 aromatic rings. The van der Waals surface area contributed by atoms with Gasteiger partial charge in [-0.3, -0.25) is 0 Å². The molecule has 0 spiro atoms. The molecule has 0 heterocycles. The van der Waals surface area contributed by atoms with Crippen molar-refractivity contribution >= 4 is 0 Å². The molecule has 2 unspecified atom stereocenters. The highest BCUT2D eigenvalue weighted by Crippen LogP contribution is 2.43. The topological polar surface area (TPSA) is 46.2 Å². The summed E-state index contributed by atoms with van der Waals surface area (Å²) in [4.78, 5) is 0. The van der Waals surface area contributed by atoms with Crippen molar-refractivity contribution in [2.24, 2.45) is 5.73 Å². The Kier molecular flexibility index (Phi) is 2.17. The van der Waals surface area contributed by atoms with Crippen LogP contribution in [-0.2, 0) is 5.60 Å². The Hall–Kier alpha value is -1.12. The van der Waals surface area contributed by atoms with Crippen molar-refractivity contribution < 1.29 is 5.11 Å². The lowest BCUT2D eigenvalue weighted by Crippen LogP contribution is -2.22. The lowest BCUT2D eigenvalue weighted by atomic mass is 9.92. The van der Waals surface area contributed by atoms with Crippen LogP contribution in [0.5, 0.6) is 0 Å². The summed E-state index contributed by atoms with van der Waals surface area (Å²) < 4.78 is 0. The first-order valence-corrected chi connectivity index (χ1v) is 4.85. The third kappa shape index (κ3) is 1.27. The van der Waals surface area contributed by atoms with Crippen molar-refractivity contribution in [3.8, 4) is 0 Å². The molecule has 14 heavy (non-hydrogen) atoms. The number of rotatable bonds is 2. The Balaban J connectivity index is 2.47. The predicted octanol–water partition coefficient (Wildman–Crippen LogP) is 1.85. The molecule has 0 aromatic heterocycles. The smallest absolute Gasteiger partial charge is 0.0952 e. The number of aliphatic hydroxyl groups is 1. The molecule has 0 fully saturated rings. The Morgan fingerprint density at radius 1 is 1.57 bits per heavy atom. The second kappa shape index (κ2) is 3.23. The van der Waals surface area contributed by atoms with E-state index in [9.17, 15) is 5.11 Å². The summed E-state index contributed by atoms with van der Waals surface area (Å²) in [7, 11) is 0. The van der Waals surface area contributed by atoms with E-state index in [1.807, 2.05) is 24.3 Å². The average molecular weight is 189 g/mol. The van der Waals surface area contributed by atoms with Crippen molar-refractivity contribution in [2.45, 2.75) is 24.5 Å². The van der Waals surface area contributed by atoms with E-state index < -0.39 is 5.60 Å². The SMILES string of the molecule is C=CCC1(O)CC(N)c2ccccc21. The second-order valence-electron chi connectivity index (χ2n) is 3.92. The fraction of sp³-hybridized carbons (Fsp3) is 0.333. The van der Waals surface area contributed by atoms with Gasteiger partial charge in [0.2, 0.25) is 0 Å². The van der Waals surface area contributed by atoms with Gasteiger partial charge in [-0.1, -0.05) is 30.3 Å². The third-order valence-electron chi connectivity index (χ3n) is 2.90. The van der Waals surface area contributed by atoms with Crippen LogP contribution in [0.15, 0.2) is 36.9 Å². The first-order valence-electron chi connectivity index (χ1n) is 4.85. The molecule has 0 bridgehead atoms. The Morgan fingerprint density at radius 2 is 2.29 bits per heavy atom. The van der Waals surface area contributed by atoms with E-state index >= 15 is 0 Å². The van der Waals surface area contributed by atoms with Crippen LogP contribution in [-0.4, -0.2) is 5.11 Å². The van der Waals surface area contributed by atoms with Crippen LogP contribution in [0, 0.1) is 0 Å². The number of hydrogen-bond acceptors (Lipinski definition) is 2. The number of hydrogen-bond donors (Lipinski definition) is 2. The summed E-state index contributed by atoms with van der Waals surface area (Å²) in [5, 5.41) is 10.4. The zero-order valence-electron chi connectivity index (χ0n) is 8.11. The van der Waals surface area contributed by atoms with Gasteiger partial charge in [0.1, 0.15) is 0 Å². The van der Waals surface area contributed by atoms with E-state index in [2.05, 4.69) is 6.58 Å². The molecule has 1 aliphatic rings. The highest BCUT2D eigenvalue weighted by Gasteiger charge is 2.39. The van der Waals surface area contributed by atoms with Crippen molar-refractivity contribution in [2.75, 3.05) is 0 Å². The Morgan fingerprint density at radius 3 is 3.00 bits per heavy atom. The molecule has 2 heteroatoms. The molecule has 1 aromatic carbocycles. The normalized spacial score (nSPS) is 30.0. The zero-order valence-corrected chi connectivity index (χ0v) is 8.11. The zero-order chi connectivity index (χ0) is 10.2. The quantitative estimate of drug-likeness (QED) is 0.697. The van der Waals surface area contributed by atoms with Crippen LogP contribution in [0.25, 0.3) is 0 Å². The molecule has 0 amide bonds. The maximum absolute atomic E-state index is 10.4. The van der Waals surface area contributed by atoms with Gasteiger partial charge in [-0.05, 0) is 24.0 Å². The minimum atomic E-state index is -0.794. The predicted molar refractivity (Wildman–Crippen MR) is 56.7 cm³/mol.